The van der Waals surface area contributed by atoms with Crippen molar-refractivity contribution >= 4 is 26.9 Å². The van der Waals surface area contributed by atoms with E-state index in [-0.39, 0.29) is 4.90 Å². The fourth-order valence-corrected chi connectivity index (χ4v) is 6.64. The van der Waals surface area contributed by atoms with Crippen molar-refractivity contribution in [2.75, 3.05) is 11.9 Å². The van der Waals surface area contributed by atoms with Crippen LogP contribution in [0.2, 0.25) is 0 Å². The summed E-state index contributed by atoms with van der Waals surface area (Å²) in [5, 5.41) is 0.754. The molecule has 0 amide bonds. The van der Waals surface area contributed by atoms with Crippen LogP contribution in [0.15, 0.2) is 47.8 Å². The van der Waals surface area contributed by atoms with Gasteiger partial charge in [-0.1, -0.05) is 17.7 Å². The highest BCUT2D eigenvalue weighted by molar-refractivity contribution is 7.90. The molecule has 8 heteroatoms. The molecule has 0 radical (unpaired) electrons. The van der Waals surface area contributed by atoms with Crippen molar-refractivity contribution in [2.45, 2.75) is 49.6 Å². The van der Waals surface area contributed by atoms with Crippen LogP contribution >= 0.6 is 0 Å². The highest BCUT2D eigenvalue weighted by atomic mass is 32.2. The van der Waals surface area contributed by atoms with Crippen LogP contribution < -0.4 is 10.6 Å². The van der Waals surface area contributed by atoms with Crippen LogP contribution in [0, 0.1) is 18.8 Å². The van der Waals surface area contributed by atoms with E-state index in [0.29, 0.717) is 29.6 Å². The molecule has 0 aliphatic heterocycles. The molecule has 2 aromatic heterocycles. The molecule has 3 unspecified atom stereocenters. The molecule has 5 rings (SSSR count). The van der Waals surface area contributed by atoms with Gasteiger partial charge in [0.1, 0.15) is 12.1 Å². The van der Waals surface area contributed by atoms with Crippen molar-refractivity contribution in [2.24, 2.45) is 17.6 Å². The van der Waals surface area contributed by atoms with Gasteiger partial charge in [-0.2, -0.15) is 0 Å². The quantitative estimate of drug-likeness (QED) is 0.691. The first kappa shape index (κ1) is 19.5. The molecule has 3 aromatic rings. The van der Waals surface area contributed by atoms with Crippen molar-refractivity contribution in [3.63, 3.8) is 0 Å². The van der Waals surface area contributed by atoms with E-state index in [4.69, 9.17) is 5.73 Å². The number of anilines is 1. The zero-order valence-electron chi connectivity index (χ0n) is 17.3. The first-order chi connectivity index (χ1) is 14.3. The zero-order chi connectivity index (χ0) is 21.0. The number of nitrogens with two attached hydrogens (primary N) is 1. The standard InChI is InChI=1S/C22H27N5O2S/c1-14-3-5-19(6-4-14)30(28,29)27-8-7-20-21(24-13-25-22(20)27)26(2)18-11-15-9-17(23)10-16(15)12-18/h3-8,13,15-18H,9-12,23H2,1-2H3/t15-,16?,17?,18?/m1/s1. The van der Waals surface area contributed by atoms with Crippen LogP contribution in [0.5, 0.6) is 0 Å². The number of hydrogen-bond acceptors (Lipinski definition) is 6. The molecular formula is C22H27N5O2S. The second kappa shape index (κ2) is 7.06. The Balaban J connectivity index is 1.49. The fourth-order valence-electron chi connectivity index (χ4n) is 5.33. The molecule has 2 aliphatic rings. The molecule has 2 saturated carbocycles. The molecule has 2 aliphatic carbocycles. The average molecular weight is 426 g/mol. The van der Waals surface area contributed by atoms with Crippen LogP contribution in [-0.2, 0) is 10.0 Å². The van der Waals surface area contributed by atoms with Gasteiger partial charge < -0.3 is 10.6 Å². The van der Waals surface area contributed by atoms with E-state index in [1.54, 1.807) is 36.5 Å². The van der Waals surface area contributed by atoms with Gasteiger partial charge in [0.25, 0.3) is 10.0 Å². The lowest BCUT2D eigenvalue weighted by Gasteiger charge is -2.27. The number of nitrogens with zero attached hydrogens (tertiary/aromatic N) is 4. The smallest absolute Gasteiger partial charge is 0.269 e. The summed E-state index contributed by atoms with van der Waals surface area (Å²) in [6.45, 7) is 1.93. The van der Waals surface area contributed by atoms with Gasteiger partial charge in [-0.25, -0.2) is 22.4 Å². The van der Waals surface area contributed by atoms with Crippen molar-refractivity contribution in [3.05, 3.63) is 48.4 Å². The van der Waals surface area contributed by atoms with Crippen molar-refractivity contribution in [3.8, 4) is 0 Å². The van der Waals surface area contributed by atoms with Gasteiger partial charge >= 0.3 is 0 Å². The Morgan fingerprint density at radius 2 is 1.70 bits per heavy atom. The third kappa shape index (κ3) is 3.09. The number of aryl methyl sites for hydroxylation is 1. The Morgan fingerprint density at radius 3 is 2.37 bits per heavy atom. The summed E-state index contributed by atoms with van der Waals surface area (Å²) in [6.07, 6.45) is 7.49. The summed E-state index contributed by atoms with van der Waals surface area (Å²) >= 11 is 0. The van der Waals surface area contributed by atoms with E-state index in [0.717, 1.165) is 42.5 Å². The lowest BCUT2D eigenvalue weighted by Crippen LogP contribution is -2.31. The lowest BCUT2D eigenvalue weighted by molar-refractivity contribution is 0.457. The van der Waals surface area contributed by atoms with Crippen LogP contribution in [0.4, 0.5) is 5.82 Å². The Bertz CT molecular complexity index is 1170. The van der Waals surface area contributed by atoms with Crippen LogP contribution in [0.1, 0.15) is 31.2 Å². The Kier molecular flexibility index (Phi) is 4.59. The minimum Gasteiger partial charge on any atom is -0.356 e. The third-order valence-electron chi connectivity index (χ3n) is 6.91. The molecule has 0 bridgehead atoms. The maximum atomic E-state index is 13.2. The van der Waals surface area contributed by atoms with Gasteiger partial charge in [0.15, 0.2) is 5.65 Å². The monoisotopic (exact) mass is 425 g/mol. The van der Waals surface area contributed by atoms with E-state index >= 15 is 0 Å². The summed E-state index contributed by atoms with van der Waals surface area (Å²) in [7, 11) is -1.67. The van der Waals surface area contributed by atoms with E-state index < -0.39 is 10.0 Å². The van der Waals surface area contributed by atoms with Crippen LogP contribution in [-0.4, -0.2) is 41.5 Å². The third-order valence-corrected chi connectivity index (χ3v) is 8.59. The maximum Gasteiger partial charge on any atom is 0.269 e. The van der Waals surface area contributed by atoms with E-state index in [1.165, 1.54) is 10.3 Å². The summed E-state index contributed by atoms with van der Waals surface area (Å²) in [6, 6.07) is 9.41. The Hall–Kier alpha value is -2.45. The normalized spacial score (nSPS) is 26.2. The predicted octanol–water partition coefficient (Wildman–Crippen LogP) is 2.93. The molecule has 158 valence electrons. The molecule has 2 heterocycles. The largest absolute Gasteiger partial charge is 0.356 e. The highest BCUT2D eigenvalue weighted by Gasteiger charge is 2.42. The van der Waals surface area contributed by atoms with E-state index in [2.05, 4.69) is 21.9 Å². The summed E-state index contributed by atoms with van der Waals surface area (Å²) in [4.78, 5) is 11.3. The topological polar surface area (TPSA) is 94.1 Å². The van der Waals surface area contributed by atoms with Crippen molar-refractivity contribution in [1.82, 2.24) is 13.9 Å². The SMILES string of the molecule is Cc1ccc(S(=O)(=O)n2ccc3c(N(C)C4CC5CC(N)C[C@@H]5C4)ncnc32)cc1. The van der Waals surface area contributed by atoms with Gasteiger partial charge in [-0.15, -0.1) is 0 Å². The highest BCUT2D eigenvalue weighted by Crippen LogP contribution is 2.45. The number of aromatic nitrogens is 3. The summed E-state index contributed by atoms with van der Waals surface area (Å²) in [5.74, 6) is 2.17. The average Bonchev–Trinajstić information content (AvgIpc) is 3.40. The van der Waals surface area contributed by atoms with Gasteiger partial charge in [-0.3, -0.25) is 0 Å². The van der Waals surface area contributed by atoms with Gasteiger partial charge in [0, 0.05) is 25.3 Å². The van der Waals surface area contributed by atoms with Crippen LogP contribution in [0.25, 0.3) is 11.0 Å². The van der Waals surface area contributed by atoms with E-state index in [1.807, 2.05) is 6.92 Å². The van der Waals surface area contributed by atoms with Gasteiger partial charge in [0.2, 0.25) is 0 Å². The molecule has 1 aromatic carbocycles. The van der Waals surface area contributed by atoms with Crippen molar-refractivity contribution < 1.29 is 8.42 Å². The second-order valence-corrected chi connectivity index (χ2v) is 10.7. The number of hydrogen-bond donors (Lipinski definition) is 1. The molecule has 7 nitrogen and oxygen atoms in total. The minimum atomic E-state index is -3.73. The molecular weight excluding hydrogens is 398 g/mol. The Labute approximate surface area is 177 Å². The predicted molar refractivity (Wildman–Crippen MR) is 117 cm³/mol. The van der Waals surface area contributed by atoms with Crippen LogP contribution in [0.3, 0.4) is 0 Å². The fraction of sp³-hybridized carbons (Fsp3) is 0.455. The molecule has 0 saturated heterocycles. The first-order valence-corrected chi connectivity index (χ1v) is 11.9. The molecule has 2 N–H and O–H groups in total. The first-order valence-electron chi connectivity index (χ1n) is 10.5. The Morgan fingerprint density at radius 1 is 1.03 bits per heavy atom. The number of benzene rings is 1. The zero-order valence-corrected chi connectivity index (χ0v) is 18.1. The molecule has 4 atom stereocenters. The van der Waals surface area contributed by atoms with Gasteiger partial charge in [0.05, 0.1) is 10.3 Å². The second-order valence-electron chi connectivity index (χ2n) is 8.85. The number of rotatable bonds is 4. The molecule has 2 fully saturated rings. The summed E-state index contributed by atoms with van der Waals surface area (Å²) < 4.78 is 27.7. The molecule has 0 spiro atoms. The lowest BCUT2D eigenvalue weighted by atomic mass is 10.0. The molecule has 30 heavy (non-hydrogen) atoms. The maximum absolute atomic E-state index is 13.2. The summed E-state index contributed by atoms with van der Waals surface area (Å²) in [5.41, 5.74) is 7.56. The van der Waals surface area contributed by atoms with Gasteiger partial charge in [-0.05, 0) is 62.6 Å². The van der Waals surface area contributed by atoms with E-state index in [9.17, 15) is 8.42 Å². The minimum absolute atomic E-state index is 0.249. The van der Waals surface area contributed by atoms with Crippen molar-refractivity contribution in [1.29, 1.82) is 0 Å². The number of fused-ring (bicyclic) bond motifs is 2.